The van der Waals surface area contributed by atoms with Gasteiger partial charge in [-0.2, -0.15) is 4.31 Å². The molecule has 0 N–H and O–H groups in total. The average molecular weight is 383 g/mol. The van der Waals surface area contributed by atoms with E-state index in [1.54, 1.807) is 31.2 Å². The molecule has 0 heterocycles. The molecule has 0 unspecified atom stereocenters. The number of sulfonamides is 1. The smallest absolute Gasteiger partial charge is 0.243 e. The van der Waals surface area contributed by atoms with Crippen molar-refractivity contribution < 1.29 is 21.6 Å². The van der Waals surface area contributed by atoms with Crippen molar-refractivity contribution in [2.24, 2.45) is 0 Å². The normalized spacial score (nSPS) is 12.4. The molecule has 2 aromatic carbocycles. The van der Waals surface area contributed by atoms with Crippen molar-refractivity contribution in [3.63, 3.8) is 0 Å². The van der Waals surface area contributed by atoms with Crippen molar-refractivity contribution in [2.45, 2.75) is 23.3 Å². The van der Waals surface area contributed by atoms with Crippen LogP contribution in [0.2, 0.25) is 0 Å². The van der Waals surface area contributed by atoms with Crippen molar-refractivity contribution in [2.75, 3.05) is 20.4 Å². The standard InChI is InChI=1S/C17H21NO5S2/c1-13-9-10-15(24(4,19)20)11-17(13)25(21,22)18(2)12-14-7-5-6-8-16(14)23-3/h5-11H,12H2,1-4H3. The summed E-state index contributed by atoms with van der Waals surface area (Å²) < 4.78 is 55.8. The highest BCUT2D eigenvalue weighted by Crippen LogP contribution is 2.26. The minimum Gasteiger partial charge on any atom is -0.496 e. The number of ether oxygens (including phenoxy) is 1. The lowest BCUT2D eigenvalue weighted by Crippen LogP contribution is -2.27. The third kappa shape index (κ3) is 4.20. The molecule has 0 fully saturated rings. The topological polar surface area (TPSA) is 80.8 Å². The van der Waals surface area contributed by atoms with Crippen molar-refractivity contribution in [1.82, 2.24) is 4.31 Å². The lowest BCUT2D eigenvalue weighted by atomic mass is 10.2. The summed E-state index contributed by atoms with van der Waals surface area (Å²) in [4.78, 5) is -0.0461. The number of para-hydroxylation sites is 1. The van der Waals surface area contributed by atoms with Gasteiger partial charge in [-0.05, 0) is 30.7 Å². The van der Waals surface area contributed by atoms with Gasteiger partial charge in [0, 0.05) is 25.4 Å². The van der Waals surface area contributed by atoms with E-state index in [2.05, 4.69) is 0 Å². The Kier molecular flexibility index (Phi) is 5.55. The zero-order valence-electron chi connectivity index (χ0n) is 14.6. The van der Waals surface area contributed by atoms with Crippen LogP contribution in [-0.2, 0) is 26.4 Å². The molecule has 0 aliphatic carbocycles. The Hall–Kier alpha value is -1.90. The molecule has 136 valence electrons. The zero-order chi connectivity index (χ0) is 18.8. The molecule has 0 amide bonds. The average Bonchev–Trinajstić information content (AvgIpc) is 2.54. The van der Waals surface area contributed by atoms with Crippen LogP contribution < -0.4 is 4.74 Å². The Labute approximate surface area is 149 Å². The molecule has 0 bridgehead atoms. The number of nitrogens with zero attached hydrogens (tertiary/aromatic N) is 1. The van der Waals surface area contributed by atoms with Gasteiger partial charge in [0.1, 0.15) is 5.75 Å². The number of sulfone groups is 1. The molecule has 0 aromatic heterocycles. The summed E-state index contributed by atoms with van der Waals surface area (Å²) in [6, 6.07) is 11.3. The van der Waals surface area contributed by atoms with E-state index in [9.17, 15) is 16.8 Å². The first-order valence-electron chi connectivity index (χ1n) is 7.46. The molecule has 0 aliphatic rings. The summed E-state index contributed by atoms with van der Waals surface area (Å²) in [5, 5.41) is 0. The van der Waals surface area contributed by atoms with Gasteiger partial charge in [-0.15, -0.1) is 0 Å². The maximum absolute atomic E-state index is 12.9. The fourth-order valence-corrected chi connectivity index (χ4v) is 4.53. The second-order valence-electron chi connectivity index (χ2n) is 5.77. The number of hydrogen-bond acceptors (Lipinski definition) is 5. The highest BCUT2D eigenvalue weighted by atomic mass is 32.2. The lowest BCUT2D eigenvalue weighted by Gasteiger charge is -2.20. The van der Waals surface area contributed by atoms with Gasteiger partial charge >= 0.3 is 0 Å². The molecule has 6 nitrogen and oxygen atoms in total. The van der Waals surface area contributed by atoms with Crippen LogP contribution in [0.1, 0.15) is 11.1 Å². The van der Waals surface area contributed by atoms with E-state index < -0.39 is 19.9 Å². The fourth-order valence-electron chi connectivity index (χ4n) is 2.42. The minimum absolute atomic E-state index is 0.0205. The van der Waals surface area contributed by atoms with E-state index in [0.717, 1.165) is 6.26 Å². The van der Waals surface area contributed by atoms with Crippen LogP contribution in [0.3, 0.4) is 0 Å². The van der Waals surface area contributed by atoms with Crippen molar-refractivity contribution in [3.05, 3.63) is 53.6 Å². The second-order valence-corrected chi connectivity index (χ2v) is 9.80. The minimum atomic E-state index is -3.86. The maximum Gasteiger partial charge on any atom is 0.243 e. The Morgan fingerprint density at radius 2 is 1.68 bits per heavy atom. The maximum atomic E-state index is 12.9. The van der Waals surface area contributed by atoms with E-state index in [0.29, 0.717) is 16.9 Å². The summed E-state index contributed by atoms with van der Waals surface area (Å²) in [5.74, 6) is 0.589. The van der Waals surface area contributed by atoms with Gasteiger partial charge < -0.3 is 4.74 Å². The molecular formula is C17H21NO5S2. The summed E-state index contributed by atoms with van der Waals surface area (Å²) >= 11 is 0. The first-order valence-corrected chi connectivity index (χ1v) is 10.8. The first kappa shape index (κ1) is 19.4. The van der Waals surface area contributed by atoms with Crippen LogP contribution >= 0.6 is 0 Å². The molecule has 0 saturated heterocycles. The number of hydrogen-bond donors (Lipinski definition) is 0. The Morgan fingerprint density at radius 1 is 1.04 bits per heavy atom. The largest absolute Gasteiger partial charge is 0.496 e. The molecule has 0 radical (unpaired) electrons. The molecule has 0 aliphatic heterocycles. The molecule has 0 spiro atoms. The summed E-state index contributed by atoms with van der Waals surface area (Å²) in [6.07, 6.45) is 1.05. The predicted octanol–water partition coefficient (Wildman–Crippen LogP) is 2.23. The quantitative estimate of drug-likeness (QED) is 0.764. The third-order valence-electron chi connectivity index (χ3n) is 3.86. The van der Waals surface area contributed by atoms with E-state index in [1.807, 2.05) is 0 Å². The highest BCUT2D eigenvalue weighted by Gasteiger charge is 2.25. The van der Waals surface area contributed by atoms with Gasteiger partial charge in [0.2, 0.25) is 10.0 Å². The monoisotopic (exact) mass is 383 g/mol. The van der Waals surface area contributed by atoms with E-state index in [-0.39, 0.29) is 16.3 Å². The van der Waals surface area contributed by atoms with E-state index >= 15 is 0 Å². The summed E-state index contributed by atoms with van der Waals surface area (Å²) in [5.41, 5.74) is 1.20. The molecule has 2 aromatic rings. The van der Waals surface area contributed by atoms with Crippen molar-refractivity contribution in [1.29, 1.82) is 0 Å². The number of benzene rings is 2. The summed E-state index contributed by atoms with van der Waals surface area (Å²) in [6.45, 7) is 1.74. The fraction of sp³-hybridized carbons (Fsp3) is 0.294. The lowest BCUT2D eigenvalue weighted by molar-refractivity contribution is 0.398. The third-order valence-corrected chi connectivity index (χ3v) is 6.92. The van der Waals surface area contributed by atoms with Crippen LogP contribution in [0.4, 0.5) is 0 Å². The van der Waals surface area contributed by atoms with Gasteiger partial charge in [0.15, 0.2) is 9.84 Å². The first-order chi connectivity index (χ1) is 11.6. The van der Waals surface area contributed by atoms with E-state index in [4.69, 9.17) is 4.74 Å². The van der Waals surface area contributed by atoms with Gasteiger partial charge in [-0.1, -0.05) is 24.3 Å². The van der Waals surface area contributed by atoms with Gasteiger partial charge in [-0.3, -0.25) is 0 Å². The predicted molar refractivity (Wildman–Crippen MR) is 95.9 cm³/mol. The second kappa shape index (κ2) is 7.15. The molecule has 0 atom stereocenters. The van der Waals surface area contributed by atoms with Crippen molar-refractivity contribution in [3.8, 4) is 5.75 Å². The Morgan fingerprint density at radius 3 is 2.28 bits per heavy atom. The Bertz CT molecular complexity index is 982. The number of methoxy groups -OCH3 is 1. The van der Waals surface area contributed by atoms with Gasteiger partial charge in [-0.25, -0.2) is 16.8 Å². The molecule has 25 heavy (non-hydrogen) atoms. The van der Waals surface area contributed by atoms with Crippen LogP contribution in [-0.4, -0.2) is 41.6 Å². The molecular weight excluding hydrogens is 362 g/mol. The van der Waals surface area contributed by atoms with Crippen molar-refractivity contribution >= 4 is 19.9 Å². The van der Waals surface area contributed by atoms with E-state index in [1.165, 1.54) is 36.7 Å². The molecule has 2 rings (SSSR count). The van der Waals surface area contributed by atoms with Crippen LogP contribution in [0.25, 0.3) is 0 Å². The van der Waals surface area contributed by atoms with Crippen LogP contribution in [0, 0.1) is 6.92 Å². The SMILES string of the molecule is COc1ccccc1CN(C)S(=O)(=O)c1cc(S(C)(=O)=O)ccc1C. The molecule has 0 saturated carbocycles. The molecule has 8 heteroatoms. The highest BCUT2D eigenvalue weighted by molar-refractivity contribution is 7.91. The number of aryl methyl sites for hydroxylation is 1. The number of rotatable bonds is 6. The van der Waals surface area contributed by atoms with Gasteiger partial charge in [0.05, 0.1) is 16.9 Å². The zero-order valence-corrected chi connectivity index (χ0v) is 16.2. The Balaban J connectivity index is 2.44. The van der Waals surface area contributed by atoms with Gasteiger partial charge in [0.25, 0.3) is 0 Å². The summed E-state index contributed by atoms with van der Waals surface area (Å²) in [7, 11) is -4.39. The van der Waals surface area contributed by atoms with Crippen LogP contribution in [0.15, 0.2) is 52.3 Å². The van der Waals surface area contributed by atoms with Crippen LogP contribution in [0.5, 0.6) is 5.75 Å².